The predicted octanol–water partition coefficient (Wildman–Crippen LogP) is 3.64. The maximum Gasteiger partial charge on any atom is 0.318 e. The molecule has 3 fully saturated rings. The molecule has 1 unspecified atom stereocenters. The number of rotatable bonds is 7. The van der Waals surface area contributed by atoms with E-state index in [1.54, 1.807) is 29.4 Å². The minimum absolute atomic E-state index is 0.0574. The number of aryl methyl sites for hydroxylation is 1. The SMILES string of the molecule is C#Cc1c(F)ccc2c1N([C@H]1COc3c(nc(OC[C@]4(C)C[C@@H](F)CN4c4ncccn4)nc3N3C[C@H]4CC(C#N)[C@@H](C3)N4C(=O)C=C)C1)CCC2. The van der Waals surface area contributed by atoms with E-state index >= 15 is 0 Å². The molecule has 0 aliphatic carbocycles. The Labute approximate surface area is 301 Å². The van der Waals surface area contributed by atoms with Gasteiger partial charge in [-0.15, -0.1) is 6.42 Å². The van der Waals surface area contributed by atoms with Gasteiger partial charge < -0.3 is 29.1 Å². The Morgan fingerprint density at radius 1 is 1.23 bits per heavy atom. The number of nitrogens with zero attached hydrogens (tertiary/aromatic N) is 9. The Balaban J connectivity index is 1.14. The van der Waals surface area contributed by atoms with Gasteiger partial charge in [-0.3, -0.25) is 4.79 Å². The fourth-order valence-corrected chi connectivity index (χ4v) is 8.78. The molecule has 0 saturated carbocycles. The van der Waals surface area contributed by atoms with Crippen LogP contribution < -0.4 is 24.2 Å². The molecule has 6 atom stereocenters. The Morgan fingerprint density at radius 2 is 2.06 bits per heavy atom. The van der Waals surface area contributed by atoms with Crippen LogP contribution in [0.3, 0.4) is 0 Å². The van der Waals surface area contributed by atoms with Crippen molar-refractivity contribution in [3.8, 4) is 30.2 Å². The van der Waals surface area contributed by atoms with Gasteiger partial charge in [0.15, 0.2) is 11.6 Å². The molecule has 3 aromatic rings. The Hall–Kier alpha value is -5.50. The number of alkyl halides is 1. The second-order valence-corrected chi connectivity index (χ2v) is 14.4. The van der Waals surface area contributed by atoms with E-state index in [-0.39, 0.29) is 67.7 Å². The van der Waals surface area contributed by atoms with Gasteiger partial charge in [0, 0.05) is 44.9 Å². The summed E-state index contributed by atoms with van der Waals surface area (Å²) < 4.78 is 42.8. The number of benzene rings is 1. The average molecular weight is 708 g/mol. The summed E-state index contributed by atoms with van der Waals surface area (Å²) in [7, 11) is 0. The standard InChI is InChI=1S/C38H39F2N9O3/c1-4-28-29(40)10-9-23-8-6-13-47(33(23)28)27-15-30-34(51-21-27)35(46-19-26-14-24(17-41)31(20-46)49(26)32(50)5-2)45-37(44-30)52-22-38(3)16-25(39)18-48(38)36-42-11-7-12-43-36/h1,5,7,9-12,24-27,31H,2,6,8,13-16,18-22H2,3H3/t24?,25-,26-,27-,31-,38+/m1/s1. The molecular formula is C38H39F2N9O3. The number of fused-ring (bicyclic) bond motifs is 4. The fourth-order valence-electron chi connectivity index (χ4n) is 8.78. The number of halogens is 2. The van der Waals surface area contributed by atoms with Crippen LogP contribution in [0, 0.1) is 35.4 Å². The van der Waals surface area contributed by atoms with Gasteiger partial charge in [0.25, 0.3) is 0 Å². The first-order valence-electron chi connectivity index (χ1n) is 17.7. The highest BCUT2D eigenvalue weighted by Gasteiger charge is 2.50. The minimum atomic E-state index is -1.10. The molecule has 2 aromatic heterocycles. The van der Waals surface area contributed by atoms with Crippen molar-refractivity contribution in [2.75, 3.05) is 54.1 Å². The van der Waals surface area contributed by atoms with Crippen LogP contribution in [0.1, 0.15) is 43.0 Å². The number of hydrogen-bond donors (Lipinski definition) is 0. The fraction of sp³-hybridized carbons (Fsp3) is 0.474. The highest BCUT2D eigenvalue weighted by Crippen LogP contribution is 2.43. The molecule has 268 valence electrons. The summed E-state index contributed by atoms with van der Waals surface area (Å²) >= 11 is 0. The second kappa shape index (κ2) is 13.2. The summed E-state index contributed by atoms with van der Waals surface area (Å²) in [6, 6.07) is 6.65. The van der Waals surface area contributed by atoms with Crippen LogP contribution >= 0.6 is 0 Å². The lowest BCUT2D eigenvalue weighted by Crippen LogP contribution is -2.56. The lowest BCUT2D eigenvalue weighted by molar-refractivity contribution is -0.129. The van der Waals surface area contributed by atoms with Crippen LogP contribution in [-0.2, 0) is 17.6 Å². The molecule has 0 N–H and O–H groups in total. The lowest BCUT2D eigenvalue weighted by Gasteiger charge is -2.43. The van der Waals surface area contributed by atoms with E-state index in [0.717, 1.165) is 24.1 Å². The molecule has 0 radical (unpaired) electrons. The van der Waals surface area contributed by atoms with Crippen molar-refractivity contribution >= 4 is 23.4 Å². The molecule has 1 aromatic carbocycles. The molecule has 1 amide bonds. The average Bonchev–Trinajstić information content (AvgIpc) is 3.60. The summed E-state index contributed by atoms with van der Waals surface area (Å²) in [4.78, 5) is 39.2. The quantitative estimate of drug-likeness (QED) is 0.264. The Morgan fingerprint density at radius 3 is 2.83 bits per heavy atom. The molecule has 12 nitrogen and oxygen atoms in total. The normalized spacial score (nSPS) is 27.6. The number of amides is 1. The molecule has 5 aliphatic rings. The van der Waals surface area contributed by atoms with Crippen LogP contribution in [0.5, 0.6) is 11.8 Å². The number of ether oxygens (including phenoxy) is 2. The monoisotopic (exact) mass is 707 g/mol. The molecule has 52 heavy (non-hydrogen) atoms. The van der Waals surface area contributed by atoms with E-state index in [2.05, 4.69) is 33.4 Å². The molecule has 2 bridgehead atoms. The van der Waals surface area contributed by atoms with Gasteiger partial charge in [-0.25, -0.2) is 18.7 Å². The van der Waals surface area contributed by atoms with E-state index in [9.17, 15) is 18.8 Å². The van der Waals surface area contributed by atoms with Gasteiger partial charge >= 0.3 is 6.01 Å². The summed E-state index contributed by atoms with van der Waals surface area (Å²) in [5, 5.41) is 9.99. The highest BCUT2D eigenvalue weighted by atomic mass is 19.1. The zero-order valence-electron chi connectivity index (χ0n) is 28.9. The van der Waals surface area contributed by atoms with E-state index in [1.165, 1.54) is 12.1 Å². The summed E-state index contributed by atoms with van der Waals surface area (Å²) in [6.07, 6.45) is 12.1. The number of nitriles is 1. The van der Waals surface area contributed by atoms with Crippen molar-refractivity contribution in [1.29, 1.82) is 5.26 Å². The number of anilines is 3. The predicted molar refractivity (Wildman–Crippen MR) is 188 cm³/mol. The number of aromatic nitrogens is 4. The number of piperazine rings is 1. The highest BCUT2D eigenvalue weighted by molar-refractivity contribution is 5.88. The first-order chi connectivity index (χ1) is 25.2. The zero-order chi connectivity index (χ0) is 36.1. The second-order valence-electron chi connectivity index (χ2n) is 14.4. The van der Waals surface area contributed by atoms with Gasteiger partial charge in [-0.2, -0.15) is 15.2 Å². The molecular weight excluding hydrogens is 668 g/mol. The first-order valence-corrected chi connectivity index (χ1v) is 17.7. The third kappa shape index (κ3) is 5.70. The smallest absolute Gasteiger partial charge is 0.318 e. The minimum Gasteiger partial charge on any atom is -0.486 e. The van der Waals surface area contributed by atoms with Crippen molar-refractivity contribution in [3.05, 3.63) is 65.9 Å². The van der Waals surface area contributed by atoms with Gasteiger partial charge in [0.2, 0.25) is 11.9 Å². The van der Waals surface area contributed by atoms with Crippen LogP contribution in [0.15, 0.2) is 43.2 Å². The van der Waals surface area contributed by atoms with E-state index in [4.69, 9.17) is 25.9 Å². The van der Waals surface area contributed by atoms with Gasteiger partial charge in [-0.05, 0) is 50.0 Å². The van der Waals surface area contributed by atoms with Crippen molar-refractivity contribution in [2.45, 2.75) is 68.9 Å². The first kappa shape index (κ1) is 33.6. The van der Waals surface area contributed by atoms with Crippen molar-refractivity contribution in [3.63, 3.8) is 0 Å². The molecule has 14 heteroatoms. The van der Waals surface area contributed by atoms with E-state index in [1.807, 2.05) is 16.7 Å². The lowest BCUT2D eigenvalue weighted by atomic mass is 9.94. The third-order valence-corrected chi connectivity index (χ3v) is 11.1. The van der Waals surface area contributed by atoms with Gasteiger partial charge in [0.1, 0.15) is 25.2 Å². The zero-order valence-corrected chi connectivity index (χ0v) is 28.9. The van der Waals surface area contributed by atoms with Crippen molar-refractivity contribution in [2.24, 2.45) is 5.92 Å². The molecule has 8 rings (SSSR count). The van der Waals surface area contributed by atoms with E-state index in [0.29, 0.717) is 55.7 Å². The molecule has 3 saturated heterocycles. The number of hydrogen-bond acceptors (Lipinski definition) is 11. The molecule has 5 aliphatic heterocycles. The summed E-state index contributed by atoms with van der Waals surface area (Å²) in [5.74, 6) is 3.02. The largest absolute Gasteiger partial charge is 0.486 e. The molecule has 0 spiro atoms. The van der Waals surface area contributed by atoms with E-state index < -0.39 is 17.5 Å². The van der Waals surface area contributed by atoms with Crippen LogP contribution in [0.25, 0.3) is 0 Å². The van der Waals surface area contributed by atoms with Crippen molar-refractivity contribution < 1.29 is 23.0 Å². The summed E-state index contributed by atoms with van der Waals surface area (Å²) in [5.41, 5.74) is 1.78. The van der Waals surface area contributed by atoms with Gasteiger partial charge in [0.05, 0.1) is 59.1 Å². The maximum absolute atomic E-state index is 15.0. The van der Waals surface area contributed by atoms with Gasteiger partial charge in [-0.1, -0.05) is 18.6 Å². The van der Waals surface area contributed by atoms with Crippen LogP contribution in [-0.4, -0.2) is 100.0 Å². The third-order valence-electron chi connectivity index (χ3n) is 11.1. The van der Waals surface area contributed by atoms with Crippen LogP contribution in [0.4, 0.5) is 26.2 Å². The Bertz CT molecular complexity index is 1990. The number of carbonyl (C=O) groups excluding carboxylic acids is 1. The van der Waals surface area contributed by atoms with Crippen LogP contribution in [0.2, 0.25) is 0 Å². The summed E-state index contributed by atoms with van der Waals surface area (Å²) in [6.45, 7) is 7.52. The number of carbonyl (C=O) groups is 1. The topological polar surface area (TPSA) is 124 Å². The van der Waals surface area contributed by atoms with Crippen molar-refractivity contribution in [1.82, 2.24) is 24.8 Å². The number of terminal acetylenes is 1. The maximum atomic E-state index is 15.0. The Kier molecular flexibility index (Phi) is 8.56. The molecule has 7 heterocycles.